The molecule has 3 aromatic rings. The van der Waals surface area contributed by atoms with Crippen molar-refractivity contribution in [3.63, 3.8) is 0 Å². The van der Waals surface area contributed by atoms with Crippen molar-refractivity contribution < 1.29 is 33.1 Å². The Kier molecular flexibility index (Phi) is 4.52. The fraction of sp³-hybridized carbons (Fsp3) is 0. The van der Waals surface area contributed by atoms with Gasteiger partial charge in [-0.1, -0.05) is 24.3 Å². The summed E-state index contributed by atoms with van der Waals surface area (Å²) in [6.45, 7) is 0. The number of azo groups is 1. The van der Waals surface area contributed by atoms with Gasteiger partial charge in [-0.05, 0) is 24.3 Å². The Morgan fingerprint density at radius 2 is 1.52 bits per heavy atom. The van der Waals surface area contributed by atoms with Gasteiger partial charge in [0.1, 0.15) is 22.0 Å². The predicted molar refractivity (Wildman–Crippen MR) is 94.7 cm³/mol. The molecule has 3 aromatic carbocycles. The first-order chi connectivity index (χ1) is 12.7. The maximum absolute atomic E-state index is 11.7. The van der Waals surface area contributed by atoms with Crippen LogP contribution in [-0.2, 0) is 10.1 Å². The number of carbonyl (C=O) groups is 1. The number of carboxylic acid groups (broad SMARTS) is 1. The Morgan fingerprint density at radius 3 is 2.15 bits per heavy atom. The smallest absolute Gasteiger partial charge is 0.335 e. The van der Waals surface area contributed by atoms with E-state index in [1.807, 2.05) is 0 Å². The highest BCUT2D eigenvalue weighted by Crippen LogP contribution is 2.40. The Morgan fingerprint density at radius 1 is 0.889 bits per heavy atom. The summed E-state index contributed by atoms with van der Waals surface area (Å²) < 4.78 is 32.8. The average molecular weight is 388 g/mol. The lowest BCUT2D eigenvalue weighted by atomic mass is 10.1. The standard InChI is InChI=1S/C17H12N2O7S/c20-14-6-5-9(17(22)23)7-12(14)18-19-13-8-15(27(24,25)26)10-3-1-2-4-11(10)16(13)21/h1-8,20-21H,(H,22,23)(H,24,25,26). The van der Waals surface area contributed by atoms with Crippen LogP contribution in [0.5, 0.6) is 11.5 Å². The molecule has 0 saturated carbocycles. The van der Waals surface area contributed by atoms with E-state index < -0.39 is 26.7 Å². The summed E-state index contributed by atoms with van der Waals surface area (Å²) in [6, 6.07) is 10.2. The third kappa shape index (κ3) is 3.57. The first-order valence-electron chi connectivity index (χ1n) is 7.38. The number of aromatic carboxylic acids is 1. The fourth-order valence-electron chi connectivity index (χ4n) is 2.45. The van der Waals surface area contributed by atoms with Crippen LogP contribution in [0.25, 0.3) is 10.8 Å². The zero-order valence-corrected chi connectivity index (χ0v) is 14.3. The molecule has 27 heavy (non-hydrogen) atoms. The number of phenols is 2. The number of fused-ring (bicyclic) bond motifs is 1. The minimum atomic E-state index is -4.62. The maximum Gasteiger partial charge on any atom is 0.335 e. The fourth-order valence-corrected chi connectivity index (χ4v) is 3.16. The topological polar surface area (TPSA) is 157 Å². The minimum absolute atomic E-state index is 0.0900. The van der Waals surface area contributed by atoms with Gasteiger partial charge < -0.3 is 15.3 Å². The Labute approximate surface area is 152 Å². The van der Waals surface area contributed by atoms with Crippen LogP contribution < -0.4 is 0 Å². The monoisotopic (exact) mass is 388 g/mol. The van der Waals surface area contributed by atoms with Gasteiger partial charge in [-0.2, -0.15) is 8.42 Å². The van der Waals surface area contributed by atoms with Gasteiger partial charge >= 0.3 is 5.97 Å². The molecule has 0 unspecified atom stereocenters. The average Bonchev–Trinajstić information content (AvgIpc) is 2.61. The van der Waals surface area contributed by atoms with Crippen LogP contribution in [-0.4, -0.2) is 34.3 Å². The summed E-state index contributed by atoms with van der Waals surface area (Å²) in [4.78, 5) is 10.5. The lowest BCUT2D eigenvalue weighted by molar-refractivity contribution is 0.0697. The van der Waals surface area contributed by atoms with E-state index in [4.69, 9.17) is 5.11 Å². The van der Waals surface area contributed by atoms with Gasteiger partial charge in [0.15, 0.2) is 5.75 Å². The summed E-state index contributed by atoms with van der Waals surface area (Å²) in [5, 5.41) is 36.7. The minimum Gasteiger partial charge on any atom is -0.506 e. The second-order valence-electron chi connectivity index (χ2n) is 5.47. The number of hydrogen-bond acceptors (Lipinski definition) is 7. The number of benzene rings is 3. The number of nitrogens with zero attached hydrogens (tertiary/aromatic N) is 2. The van der Waals surface area contributed by atoms with Crippen molar-refractivity contribution in [1.82, 2.24) is 0 Å². The molecule has 0 spiro atoms. The molecule has 0 amide bonds. The van der Waals surface area contributed by atoms with Crippen molar-refractivity contribution in [1.29, 1.82) is 0 Å². The van der Waals surface area contributed by atoms with Crippen LogP contribution in [0.3, 0.4) is 0 Å². The molecule has 9 nitrogen and oxygen atoms in total. The van der Waals surface area contributed by atoms with Crippen molar-refractivity contribution >= 4 is 38.2 Å². The normalized spacial score (nSPS) is 11.9. The van der Waals surface area contributed by atoms with Crippen molar-refractivity contribution in [2.45, 2.75) is 4.90 Å². The highest BCUT2D eigenvalue weighted by Gasteiger charge is 2.19. The molecule has 0 atom stereocenters. The van der Waals surface area contributed by atoms with Crippen LogP contribution in [0.15, 0.2) is 63.7 Å². The molecule has 0 aliphatic rings. The summed E-state index contributed by atoms with van der Waals surface area (Å²) >= 11 is 0. The van der Waals surface area contributed by atoms with E-state index in [0.29, 0.717) is 0 Å². The van der Waals surface area contributed by atoms with Gasteiger partial charge in [0, 0.05) is 10.8 Å². The second kappa shape index (κ2) is 6.67. The van der Waals surface area contributed by atoms with Crippen LogP contribution in [0.4, 0.5) is 11.4 Å². The maximum atomic E-state index is 11.7. The van der Waals surface area contributed by atoms with Gasteiger partial charge in [0.05, 0.1) is 5.56 Å². The molecular weight excluding hydrogens is 376 g/mol. The zero-order chi connectivity index (χ0) is 19.8. The van der Waals surface area contributed by atoms with E-state index in [1.165, 1.54) is 24.3 Å². The number of phenolic OH excluding ortho intramolecular Hbond substituents is 2. The highest BCUT2D eigenvalue weighted by atomic mass is 32.2. The van der Waals surface area contributed by atoms with Crippen LogP contribution in [0.2, 0.25) is 0 Å². The Balaban J connectivity index is 2.19. The molecule has 0 radical (unpaired) electrons. The second-order valence-corrected chi connectivity index (χ2v) is 6.86. The molecule has 0 aromatic heterocycles. The summed E-state index contributed by atoms with van der Waals surface area (Å²) in [5.74, 6) is -2.00. The van der Waals surface area contributed by atoms with Gasteiger partial charge in [0.25, 0.3) is 10.1 Å². The largest absolute Gasteiger partial charge is 0.506 e. The lowest BCUT2D eigenvalue weighted by Gasteiger charge is -2.08. The quantitative estimate of drug-likeness (QED) is 0.393. The predicted octanol–water partition coefficient (Wildman–Crippen LogP) is 3.61. The number of rotatable bonds is 4. The first-order valence-corrected chi connectivity index (χ1v) is 8.82. The molecule has 0 bridgehead atoms. The summed E-state index contributed by atoms with van der Waals surface area (Å²) in [5.41, 5.74) is -0.638. The summed E-state index contributed by atoms with van der Waals surface area (Å²) in [7, 11) is -4.62. The molecule has 0 aliphatic carbocycles. The third-order valence-electron chi connectivity index (χ3n) is 3.72. The van der Waals surface area contributed by atoms with Crippen molar-refractivity contribution in [2.75, 3.05) is 0 Å². The Hall–Kier alpha value is -3.50. The first kappa shape index (κ1) is 18.3. The van der Waals surface area contributed by atoms with E-state index in [2.05, 4.69) is 10.2 Å². The SMILES string of the molecule is O=C(O)c1ccc(O)c(N=Nc2cc(S(=O)(=O)O)c3ccccc3c2O)c1. The van der Waals surface area contributed by atoms with Gasteiger partial charge in [-0.15, -0.1) is 10.2 Å². The van der Waals surface area contributed by atoms with Gasteiger partial charge in [-0.25, -0.2) is 4.79 Å². The lowest BCUT2D eigenvalue weighted by Crippen LogP contribution is -1.99. The van der Waals surface area contributed by atoms with Crippen LogP contribution in [0.1, 0.15) is 10.4 Å². The van der Waals surface area contributed by atoms with Gasteiger partial charge in [0.2, 0.25) is 0 Å². The molecule has 3 rings (SSSR count). The molecule has 0 aliphatic heterocycles. The van der Waals surface area contributed by atoms with Crippen LogP contribution >= 0.6 is 0 Å². The molecular formula is C17H12N2O7S. The number of carboxylic acids is 1. The van der Waals surface area contributed by atoms with E-state index in [0.717, 1.165) is 18.2 Å². The van der Waals surface area contributed by atoms with E-state index in [9.17, 15) is 28.0 Å². The van der Waals surface area contributed by atoms with Crippen LogP contribution in [0, 0.1) is 0 Å². The van der Waals surface area contributed by atoms with Crippen molar-refractivity contribution in [3.8, 4) is 11.5 Å². The van der Waals surface area contributed by atoms with E-state index in [1.54, 1.807) is 6.07 Å². The zero-order valence-electron chi connectivity index (χ0n) is 13.4. The molecule has 0 heterocycles. The Bertz CT molecular complexity index is 1200. The number of hydrogen-bond donors (Lipinski definition) is 4. The van der Waals surface area contributed by atoms with E-state index in [-0.39, 0.29) is 33.5 Å². The molecule has 0 fully saturated rings. The highest BCUT2D eigenvalue weighted by molar-refractivity contribution is 7.86. The van der Waals surface area contributed by atoms with E-state index >= 15 is 0 Å². The van der Waals surface area contributed by atoms with Crippen molar-refractivity contribution in [2.24, 2.45) is 10.2 Å². The van der Waals surface area contributed by atoms with Crippen molar-refractivity contribution in [3.05, 3.63) is 54.1 Å². The van der Waals surface area contributed by atoms with Gasteiger partial charge in [-0.3, -0.25) is 4.55 Å². The molecule has 138 valence electrons. The molecule has 4 N–H and O–H groups in total. The molecule has 10 heteroatoms. The summed E-state index contributed by atoms with van der Waals surface area (Å²) in [6.07, 6.45) is 0. The molecule has 0 saturated heterocycles. The third-order valence-corrected chi connectivity index (χ3v) is 4.62. The number of aromatic hydroxyl groups is 2.